The molecule has 0 amide bonds. The first kappa shape index (κ1) is 13.8. The van der Waals surface area contributed by atoms with E-state index in [1.165, 1.54) is 64.8 Å². The highest BCUT2D eigenvalue weighted by Crippen LogP contribution is 2.34. The molecular formula is C16H31N3. The third kappa shape index (κ3) is 3.50. The second kappa shape index (κ2) is 6.11. The number of hydrogen-bond donors (Lipinski definition) is 1. The van der Waals surface area contributed by atoms with Crippen molar-refractivity contribution < 1.29 is 0 Å². The van der Waals surface area contributed by atoms with Gasteiger partial charge in [-0.25, -0.2) is 0 Å². The van der Waals surface area contributed by atoms with Crippen molar-refractivity contribution in [1.82, 2.24) is 15.1 Å². The van der Waals surface area contributed by atoms with Crippen LogP contribution in [0.3, 0.4) is 0 Å². The fourth-order valence-electron chi connectivity index (χ4n) is 4.08. The summed E-state index contributed by atoms with van der Waals surface area (Å²) in [5, 5.41) is 3.81. The molecule has 0 aromatic carbocycles. The van der Waals surface area contributed by atoms with Crippen LogP contribution in [-0.4, -0.2) is 61.7 Å². The fourth-order valence-corrected chi connectivity index (χ4v) is 4.08. The van der Waals surface area contributed by atoms with Crippen molar-refractivity contribution in [3.05, 3.63) is 0 Å². The van der Waals surface area contributed by atoms with E-state index < -0.39 is 0 Å². The van der Waals surface area contributed by atoms with E-state index in [0.717, 1.165) is 23.9 Å². The quantitative estimate of drug-likeness (QED) is 0.836. The summed E-state index contributed by atoms with van der Waals surface area (Å²) in [4.78, 5) is 5.35. The first-order valence-electron chi connectivity index (χ1n) is 8.42. The monoisotopic (exact) mass is 265 g/mol. The zero-order chi connectivity index (χ0) is 13.2. The Morgan fingerprint density at radius 2 is 2.00 bits per heavy atom. The Hall–Kier alpha value is -0.120. The van der Waals surface area contributed by atoms with E-state index in [-0.39, 0.29) is 0 Å². The molecule has 3 atom stereocenters. The van der Waals surface area contributed by atoms with E-state index in [0.29, 0.717) is 0 Å². The largest absolute Gasteiger partial charge is 0.311 e. The number of likely N-dealkylation sites (tertiary alicyclic amines) is 1. The van der Waals surface area contributed by atoms with Crippen molar-refractivity contribution in [2.24, 2.45) is 11.8 Å². The van der Waals surface area contributed by atoms with Gasteiger partial charge in [0, 0.05) is 38.3 Å². The average Bonchev–Trinajstić information content (AvgIpc) is 3.23. The van der Waals surface area contributed by atoms with Crippen LogP contribution < -0.4 is 5.32 Å². The van der Waals surface area contributed by atoms with Crippen LogP contribution in [0.2, 0.25) is 0 Å². The predicted molar refractivity (Wildman–Crippen MR) is 80.4 cm³/mol. The molecule has 19 heavy (non-hydrogen) atoms. The lowest BCUT2D eigenvalue weighted by atomic mass is 9.95. The molecule has 0 aromatic heterocycles. The van der Waals surface area contributed by atoms with Gasteiger partial charge in [-0.1, -0.05) is 6.92 Å². The topological polar surface area (TPSA) is 18.5 Å². The minimum atomic E-state index is 0.780. The average molecular weight is 265 g/mol. The molecule has 0 bridgehead atoms. The number of nitrogens with zero attached hydrogens (tertiary/aromatic N) is 2. The summed E-state index contributed by atoms with van der Waals surface area (Å²) in [6.07, 6.45) is 7.07. The third-order valence-corrected chi connectivity index (χ3v) is 5.44. The van der Waals surface area contributed by atoms with E-state index in [2.05, 4.69) is 29.1 Å². The van der Waals surface area contributed by atoms with E-state index in [9.17, 15) is 0 Å². The van der Waals surface area contributed by atoms with Gasteiger partial charge in [0.05, 0.1) is 0 Å². The van der Waals surface area contributed by atoms with Crippen LogP contribution in [0.5, 0.6) is 0 Å². The highest BCUT2D eigenvalue weighted by molar-refractivity contribution is 4.94. The van der Waals surface area contributed by atoms with Crippen LogP contribution in [0.1, 0.15) is 39.0 Å². The molecule has 2 heterocycles. The second-order valence-corrected chi connectivity index (χ2v) is 7.14. The Bertz CT molecular complexity index is 290. The van der Waals surface area contributed by atoms with Crippen LogP contribution in [-0.2, 0) is 0 Å². The summed E-state index contributed by atoms with van der Waals surface area (Å²) in [6.45, 7) is 8.84. The standard InChI is InChI=1S/C16H31N3/c1-3-15-9-17-16(14-6-7-14)12-19(15)11-13-5-4-8-18(2)10-13/h13-17H,3-12H2,1-2H3. The first-order chi connectivity index (χ1) is 9.26. The lowest BCUT2D eigenvalue weighted by Crippen LogP contribution is -2.58. The molecule has 110 valence electrons. The zero-order valence-corrected chi connectivity index (χ0v) is 12.8. The van der Waals surface area contributed by atoms with Gasteiger partial charge < -0.3 is 10.2 Å². The summed E-state index contributed by atoms with van der Waals surface area (Å²) in [7, 11) is 2.29. The molecule has 1 aliphatic carbocycles. The summed E-state index contributed by atoms with van der Waals surface area (Å²) in [5.74, 6) is 1.90. The highest BCUT2D eigenvalue weighted by atomic mass is 15.2. The van der Waals surface area contributed by atoms with Gasteiger partial charge in [-0.05, 0) is 57.5 Å². The van der Waals surface area contributed by atoms with E-state index in [1.807, 2.05) is 0 Å². The van der Waals surface area contributed by atoms with Crippen molar-refractivity contribution in [2.75, 3.05) is 39.8 Å². The van der Waals surface area contributed by atoms with Crippen LogP contribution in [0.15, 0.2) is 0 Å². The fraction of sp³-hybridized carbons (Fsp3) is 1.00. The molecule has 0 spiro atoms. The normalized spacial score (nSPS) is 38.5. The maximum Gasteiger partial charge on any atom is 0.0224 e. The minimum Gasteiger partial charge on any atom is -0.311 e. The molecule has 3 nitrogen and oxygen atoms in total. The van der Waals surface area contributed by atoms with Crippen molar-refractivity contribution >= 4 is 0 Å². The van der Waals surface area contributed by atoms with E-state index >= 15 is 0 Å². The van der Waals surface area contributed by atoms with Gasteiger partial charge in [-0.3, -0.25) is 4.90 Å². The van der Waals surface area contributed by atoms with Crippen LogP contribution >= 0.6 is 0 Å². The predicted octanol–water partition coefficient (Wildman–Crippen LogP) is 1.79. The summed E-state index contributed by atoms with van der Waals surface area (Å²) >= 11 is 0. The van der Waals surface area contributed by atoms with Gasteiger partial charge in [0.15, 0.2) is 0 Å². The molecule has 3 heteroatoms. The first-order valence-corrected chi connectivity index (χ1v) is 8.42. The molecule has 0 aromatic rings. The Morgan fingerprint density at radius 3 is 2.68 bits per heavy atom. The smallest absolute Gasteiger partial charge is 0.0224 e. The molecular weight excluding hydrogens is 234 g/mol. The maximum atomic E-state index is 3.81. The number of piperazine rings is 1. The van der Waals surface area contributed by atoms with Gasteiger partial charge in [-0.15, -0.1) is 0 Å². The molecule has 2 saturated heterocycles. The Kier molecular flexibility index (Phi) is 4.45. The number of piperidine rings is 1. The van der Waals surface area contributed by atoms with E-state index in [4.69, 9.17) is 0 Å². The Labute approximate surface area is 118 Å². The van der Waals surface area contributed by atoms with Gasteiger partial charge in [0.25, 0.3) is 0 Å². The van der Waals surface area contributed by atoms with Crippen LogP contribution in [0, 0.1) is 11.8 Å². The lowest BCUT2D eigenvalue weighted by molar-refractivity contribution is 0.0786. The number of hydrogen-bond acceptors (Lipinski definition) is 3. The summed E-state index contributed by atoms with van der Waals surface area (Å²) in [5.41, 5.74) is 0. The van der Waals surface area contributed by atoms with Gasteiger partial charge in [0.2, 0.25) is 0 Å². The molecule has 3 fully saturated rings. The van der Waals surface area contributed by atoms with E-state index in [1.54, 1.807) is 0 Å². The Morgan fingerprint density at radius 1 is 1.16 bits per heavy atom. The number of nitrogens with one attached hydrogen (secondary N) is 1. The molecule has 1 N–H and O–H groups in total. The molecule has 3 aliphatic rings. The lowest BCUT2D eigenvalue weighted by Gasteiger charge is -2.43. The van der Waals surface area contributed by atoms with Gasteiger partial charge >= 0.3 is 0 Å². The van der Waals surface area contributed by atoms with Crippen LogP contribution in [0.25, 0.3) is 0 Å². The van der Waals surface area contributed by atoms with Gasteiger partial charge in [0.1, 0.15) is 0 Å². The maximum absolute atomic E-state index is 3.81. The van der Waals surface area contributed by atoms with Crippen molar-refractivity contribution in [2.45, 2.75) is 51.1 Å². The SMILES string of the molecule is CCC1CNC(C2CC2)CN1CC1CCCN(C)C1. The molecule has 1 saturated carbocycles. The van der Waals surface area contributed by atoms with Crippen molar-refractivity contribution in [1.29, 1.82) is 0 Å². The molecule has 3 unspecified atom stereocenters. The van der Waals surface area contributed by atoms with Crippen molar-refractivity contribution in [3.63, 3.8) is 0 Å². The summed E-state index contributed by atoms with van der Waals surface area (Å²) < 4.78 is 0. The Balaban J connectivity index is 1.55. The van der Waals surface area contributed by atoms with Gasteiger partial charge in [-0.2, -0.15) is 0 Å². The van der Waals surface area contributed by atoms with Crippen LogP contribution in [0.4, 0.5) is 0 Å². The molecule has 2 aliphatic heterocycles. The molecule has 0 radical (unpaired) electrons. The summed E-state index contributed by atoms with van der Waals surface area (Å²) in [6, 6.07) is 1.58. The highest BCUT2D eigenvalue weighted by Gasteiger charge is 2.37. The second-order valence-electron chi connectivity index (χ2n) is 7.14. The minimum absolute atomic E-state index is 0.780. The van der Waals surface area contributed by atoms with Crippen molar-refractivity contribution in [3.8, 4) is 0 Å². The number of rotatable bonds is 4. The third-order valence-electron chi connectivity index (χ3n) is 5.44. The zero-order valence-electron chi connectivity index (χ0n) is 12.8. The molecule has 3 rings (SSSR count).